The van der Waals surface area contributed by atoms with Crippen LogP contribution in [0, 0.1) is 0 Å². The number of hydrogen-bond acceptors (Lipinski definition) is 4. The van der Waals surface area contributed by atoms with Gasteiger partial charge in [-0.3, -0.25) is 4.68 Å². The van der Waals surface area contributed by atoms with Gasteiger partial charge in [-0.15, -0.1) is 0 Å². The summed E-state index contributed by atoms with van der Waals surface area (Å²) in [6.07, 6.45) is 1.54. The second-order valence-corrected chi connectivity index (χ2v) is 2.27. The first-order chi connectivity index (χ1) is 5.34. The molecule has 0 spiro atoms. The van der Waals surface area contributed by atoms with E-state index in [1.807, 2.05) is 7.05 Å². The molecule has 1 heterocycles. The van der Waals surface area contributed by atoms with Gasteiger partial charge in [-0.1, -0.05) is 0 Å². The molecular weight excluding hydrogens is 142 g/mol. The number of nitrogens with one attached hydrogen (secondary N) is 1. The lowest BCUT2D eigenvalue weighted by molar-refractivity contribution is 0.618. The molecule has 0 radical (unpaired) electrons. The van der Waals surface area contributed by atoms with Crippen molar-refractivity contribution in [3.05, 3.63) is 12.2 Å². The zero-order chi connectivity index (χ0) is 8.10. The highest BCUT2D eigenvalue weighted by Crippen LogP contribution is 1.87. The van der Waals surface area contributed by atoms with Crippen molar-refractivity contribution in [2.75, 3.05) is 13.1 Å². The van der Waals surface area contributed by atoms with Crippen molar-refractivity contribution in [3.8, 4) is 0 Å². The second-order valence-electron chi connectivity index (χ2n) is 2.27. The lowest BCUT2D eigenvalue weighted by Crippen LogP contribution is -2.23. The second kappa shape index (κ2) is 4.05. The predicted molar refractivity (Wildman–Crippen MR) is 41.8 cm³/mol. The molecule has 5 nitrogen and oxygen atoms in total. The number of nitrogens with two attached hydrogens (primary N) is 1. The maximum atomic E-state index is 5.30. The van der Waals surface area contributed by atoms with Crippen LogP contribution < -0.4 is 11.1 Å². The molecule has 0 saturated carbocycles. The van der Waals surface area contributed by atoms with Crippen LogP contribution in [0.15, 0.2) is 6.33 Å². The largest absolute Gasteiger partial charge is 0.329 e. The van der Waals surface area contributed by atoms with Crippen LogP contribution in [-0.4, -0.2) is 27.9 Å². The molecule has 0 bridgehead atoms. The van der Waals surface area contributed by atoms with Crippen molar-refractivity contribution >= 4 is 0 Å². The smallest absolute Gasteiger partial charge is 0.140 e. The van der Waals surface area contributed by atoms with Crippen LogP contribution in [0.5, 0.6) is 0 Å². The fourth-order valence-electron chi connectivity index (χ4n) is 0.782. The predicted octanol–water partition coefficient (Wildman–Crippen LogP) is -1.14. The Kier molecular flexibility index (Phi) is 3.00. The zero-order valence-corrected chi connectivity index (χ0v) is 6.62. The number of nitrogens with zero attached hydrogens (tertiary/aromatic N) is 3. The van der Waals surface area contributed by atoms with Gasteiger partial charge in [0.2, 0.25) is 0 Å². The van der Waals surface area contributed by atoms with E-state index in [-0.39, 0.29) is 0 Å². The standard InChI is InChI=1S/C6H13N5/c1-11-6(9-5-10-11)4-8-3-2-7/h5,8H,2-4,7H2,1H3. The van der Waals surface area contributed by atoms with Crippen LogP contribution in [-0.2, 0) is 13.6 Å². The minimum Gasteiger partial charge on any atom is -0.329 e. The Bertz CT molecular complexity index is 206. The van der Waals surface area contributed by atoms with Gasteiger partial charge in [0, 0.05) is 20.1 Å². The Hall–Kier alpha value is -0.940. The molecule has 1 aromatic rings. The maximum Gasteiger partial charge on any atom is 0.140 e. The van der Waals surface area contributed by atoms with Gasteiger partial charge in [-0.2, -0.15) is 5.10 Å². The molecule has 1 aromatic heterocycles. The average Bonchev–Trinajstić information content (AvgIpc) is 2.37. The summed E-state index contributed by atoms with van der Waals surface area (Å²) in [4.78, 5) is 4.04. The van der Waals surface area contributed by atoms with Gasteiger partial charge in [-0.25, -0.2) is 4.98 Å². The number of hydrogen-bond donors (Lipinski definition) is 2. The molecule has 0 aliphatic heterocycles. The lowest BCUT2D eigenvalue weighted by atomic mass is 10.5. The molecule has 0 unspecified atom stereocenters. The number of aryl methyl sites for hydroxylation is 1. The normalized spacial score (nSPS) is 10.4. The molecule has 0 amide bonds. The van der Waals surface area contributed by atoms with Crippen molar-refractivity contribution in [2.24, 2.45) is 12.8 Å². The van der Waals surface area contributed by atoms with Crippen LogP contribution in [0.2, 0.25) is 0 Å². The molecule has 0 aliphatic rings. The SMILES string of the molecule is Cn1ncnc1CNCCN. The van der Waals surface area contributed by atoms with Crippen molar-refractivity contribution in [2.45, 2.75) is 6.54 Å². The van der Waals surface area contributed by atoms with E-state index in [9.17, 15) is 0 Å². The van der Waals surface area contributed by atoms with Crippen molar-refractivity contribution < 1.29 is 0 Å². The minimum absolute atomic E-state index is 0.651. The third kappa shape index (κ3) is 2.28. The zero-order valence-electron chi connectivity index (χ0n) is 6.62. The first-order valence-electron chi connectivity index (χ1n) is 3.58. The molecule has 0 fully saturated rings. The highest BCUT2D eigenvalue weighted by molar-refractivity contribution is 4.81. The van der Waals surface area contributed by atoms with Crippen LogP contribution in [0.1, 0.15) is 5.82 Å². The van der Waals surface area contributed by atoms with Crippen molar-refractivity contribution in [1.82, 2.24) is 20.1 Å². The van der Waals surface area contributed by atoms with E-state index in [2.05, 4.69) is 15.4 Å². The first kappa shape index (κ1) is 8.16. The van der Waals surface area contributed by atoms with Crippen LogP contribution in [0.3, 0.4) is 0 Å². The fraction of sp³-hybridized carbons (Fsp3) is 0.667. The van der Waals surface area contributed by atoms with Crippen LogP contribution in [0.4, 0.5) is 0 Å². The average molecular weight is 155 g/mol. The molecule has 62 valence electrons. The highest BCUT2D eigenvalue weighted by atomic mass is 15.3. The Labute approximate surface area is 65.6 Å². The fourth-order valence-corrected chi connectivity index (χ4v) is 0.782. The van der Waals surface area contributed by atoms with Crippen molar-refractivity contribution in [1.29, 1.82) is 0 Å². The summed E-state index contributed by atoms with van der Waals surface area (Å²) in [5, 5.41) is 7.06. The van der Waals surface area contributed by atoms with Crippen LogP contribution >= 0.6 is 0 Å². The summed E-state index contributed by atoms with van der Waals surface area (Å²) >= 11 is 0. The van der Waals surface area contributed by atoms with E-state index >= 15 is 0 Å². The van der Waals surface area contributed by atoms with E-state index in [0.29, 0.717) is 6.54 Å². The van der Waals surface area contributed by atoms with Crippen molar-refractivity contribution in [3.63, 3.8) is 0 Å². The quantitative estimate of drug-likeness (QED) is 0.539. The lowest BCUT2D eigenvalue weighted by Gasteiger charge is -2.00. The molecular formula is C6H13N5. The maximum absolute atomic E-state index is 5.30. The molecule has 1 rings (SSSR count). The molecule has 0 atom stereocenters. The monoisotopic (exact) mass is 155 g/mol. The van der Waals surface area contributed by atoms with Gasteiger partial charge in [0.15, 0.2) is 0 Å². The highest BCUT2D eigenvalue weighted by Gasteiger charge is 1.96. The molecule has 11 heavy (non-hydrogen) atoms. The van der Waals surface area contributed by atoms with E-state index in [1.54, 1.807) is 11.0 Å². The van der Waals surface area contributed by atoms with E-state index in [4.69, 9.17) is 5.73 Å². The molecule has 3 N–H and O–H groups in total. The minimum atomic E-state index is 0.651. The van der Waals surface area contributed by atoms with E-state index in [1.165, 1.54) is 0 Å². The topological polar surface area (TPSA) is 68.8 Å². The van der Waals surface area contributed by atoms with E-state index < -0.39 is 0 Å². The summed E-state index contributed by atoms with van der Waals surface area (Å²) in [5.41, 5.74) is 5.30. The Morgan fingerprint density at radius 2 is 2.55 bits per heavy atom. The third-order valence-corrected chi connectivity index (χ3v) is 1.41. The summed E-state index contributed by atoms with van der Waals surface area (Å²) in [5.74, 6) is 0.929. The Morgan fingerprint density at radius 3 is 3.09 bits per heavy atom. The van der Waals surface area contributed by atoms with Gasteiger partial charge in [0.25, 0.3) is 0 Å². The summed E-state index contributed by atoms with van der Waals surface area (Å²) in [6.45, 7) is 2.19. The van der Waals surface area contributed by atoms with Gasteiger partial charge in [-0.05, 0) is 0 Å². The Morgan fingerprint density at radius 1 is 1.73 bits per heavy atom. The van der Waals surface area contributed by atoms with E-state index in [0.717, 1.165) is 18.9 Å². The molecule has 0 aliphatic carbocycles. The molecule has 0 saturated heterocycles. The van der Waals surface area contributed by atoms with Gasteiger partial charge in [0.05, 0.1) is 6.54 Å². The van der Waals surface area contributed by atoms with Gasteiger partial charge in [0.1, 0.15) is 12.2 Å². The summed E-state index contributed by atoms with van der Waals surface area (Å²) in [7, 11) is 1.87. The first-order valence-corrected chi connectivity index (χ1v) is 3.58. The number of aromatic nitrogens is 3. The molecule has 5 heteroatoms. The van der Waals surface area contributed by atoms with Gasteiger partial charge >= 0.3 is 0 Å². The van der Waals surface area contributed by atoms with Gasteiger partial charge < -0.3 is 11.1 Å². The third-order valence-electron chi connectivity index (χ3n) is 1.41. The molecule has 0 aromatic carbocycles. The Balaban J connectivity index is 2.32. The van der Waals surface area contributed by atoms with Crippen LogP contribution in [0.25, 0.3) is 0 Å². The summed E-state index contributed by atoms with van der Waals surface area (Å²) in [6, 6.07) is 0. The summed E-state index contributed by atoms with van der Waals surface area (Å²) < 4.78 is 1.74. The number of rotatable bonds is 4.